The summed E-state index contributed by atoms with van der Waals surface area (Å²) < 4.78 is 0. The molecule has 6 heteroatoms. The molecule has 1 aromatic rings. The molecule has 1 aromatic carbocycles. The lowest BCUT2D eigenvalue weighted by molar-refractivity contribution is -0.124. The summed E-state index contributed by atoms with van der Waals surface area (Å²) in [6, 6.07) is 7.29. The van der Waals surface area contributed by atoms with Crippen molar-refractivity contribution in [3.63, 3.8) is 0 Å². The molecule has 1 heterocycles. The molecule has 2 rings (SSSR count). The highest BCUT2D eigenvalue weighted by atomic mass is 16.2. The summed E-state index contributed by atoms with van der Waals surface area (Å²) in [6.45, 7) is 0.594. The standard InChI is InChI=1S/C14H17N3O3/c15-12(18)9-16-13(19)8-10-3-5-11(6-4-10)17-7-1-2-14(17)20/h3-6H,1-2,7-9H2,(H2,15,18)(H,16,19). The first-order valence-electron chi connectivity index (χ1n) is 6.50. The van der Waals surface area contributed by atoms with E-state index in [0.29, 0.717) is 6.42 Å². The minimum Gasteiger partial charge on any atom is -0.368 e. The van der Waals surface area contributed by atoms with Crippen LogP contribution in [0.1, 0.15) is 18.4 Å². The molecule has 1 aliphatic rings. The summed E-state index contributed by atoms with van der Waals surface area (Å²) >= 11 is 0. The Morgan fingerprint density at radius 3 is 2.50 bits per heavy atom. The second-order valence-corrected chi connectivity index (χ2v) is 4.74. The van der Waals surface area contributed by atoms with E-state index in [9.17, 15) is 14.4 Å². The molecule has 20 heavy (non-hydrogen) atoms. The number of carbonyl (C=O) groups is 3. The number of nitrogens with zero attached hydrogens (tertiary/aromatic N) is 1. The van der Waals surface area contributed by atoms with E-state index in [1.165, 1.54) is 0 Å². The van der Waals surface area contributed by atoms with Gasteiger partial charge in [-0.25, -0.2) is 0 Å². The number of anilines is 1. The molecule has 0 saturated carbocycles. The zero-order chi connectivity index (χ0) is 14.5. The number of rotatable bonds is 5. The van der Waals surface area contributed by atoms with Crippen LogP contribution in [-0.4, -0.2) is 30.8 Å². The predicted molar refractivity (Wildman–Crippen MR) is 73.9 cm³/mol. The van der Waals surface area contributed by atoms with E-state index in [2.05, 4.69) is 5.32 Å². The minimum absolute atomic E-state index is 0.136. The maximum atomic E-state index is 11.6. The summed E-state index contributed by atoms with van der Waals surface area (Å²) in [5, 5.41) is 2.43. The Balaban J connectivity index is 1.93. The molecule has 0 atom stereocenters. The van der Waals surface area contributed by atoms with Crippen molar-refractivity contribution in [3.8, 4) is 0 Å². The molecule has 3 N–H and O–H groups in total. The number of hydrogen-bond acceptors (Lipinski definition) is 3. The molecule has 0 unspecified atom stereocenters. The van der Waals surface area contributed by atoms with E-state index < -0.39 is 5.91 Å². The van der Waals surface area contributed by atoms with E-state index in [4.69, 9.17) is 5.73 Å². The van der Waals surface area contributed by atoms with Gasteiger partial charge in [0.05, 0.1) is 13.0 Å². The van der Waals surface area contributed by atoms with Crippen LogP contribution in [0.15, 0.2) is 24.3 Å². The molecular formula is C14H17N3O3. The Bertz CT molecular complexity index is 525. The van der Waals surface area contributed by atoms with Crippen molar-refractivity contribution >= 4 is 23.4 Å². The molecule has 1 aliphatic heterocycles. The van der Waals surface area contributed by atoms with Crippen molar-refractivity contribution in [3.05, 3.63) is 29.8 Å². The first-order valence-corrected chi connectivity index (χ1v) is 6.50. The predicted octanol–water partition coefficient (Wildman–Crippen LogP) is -0.0426. The van der Waals surface area contributed by atoms with Crippen LogP contribution in [0.3, 0.4) is 0 Å². The van der Waals surface area contributed by atoms with Crippen LogP contribution in [0.4, 0.5) is 5.69 Å². The van der Waals surface area contributed by atoms with Gasteiger partial charge in [0.15, 0.2) is 0 Å². The molecule has 0 spiro atoms. The van der Waals surface area contributed by atoms with Gasteiger partial charge in [0.1, 0.15) is 0 Å². The first kappa shape index (κ1) is 14.0. The second-order valence-electron chi connectivity index (χ2n) is 4.74. The lowest BCUT2D eigenvalue weighted by Crippen LogP contribution is -2.34. The summed E-state index contributed by atoms with van der Waals surface area (Å²) in [7, 11) is 0. The molecule has 0 bridgehead atoms. The topological polar surface area (TPSA) is 92.5 Å². The van der Waals surface area contributed by atoms with Gasteiger partial charge in [-0.05, 0) is 24.1 Å². The molecule has 106 valence electrons. The van der Waals surface area contributed by atoms with Gasteiger partial charge in [-0.3, -0.25) is 14.4 Å². The fourth-order valence-corrected chi connectivity index (χ4v) is 2.15. The van der Waals surface area contributed by atoms with Gasteiger partial charge in [-0.2, -0.15) is 0 Å². The molecule has 1 saturated heterocycles. The van der Waals surface area contributed by atoms with E-state index >= 15 is 0 Å². The number of nitrogens with two attached hydrogens (primary N) is 1. The molecule has 0 aromatic heterocycles. The average Bonchev–Trinajstić information content (AvgIpc) is 2.84. The summed E-state index contributed by atoms with van der Waals surface area (Å²) in [5.74, 6) is -0.688. The van der Waals surface area contributed by atoms with E-state index in [-0.39, 0.29) is 24.8 Å². The van der Waals surface area contributed by atoms with Crippen LogP contribution in [-0.2, 0) is 20.8 Å². The van der Waals surface area contributed by atoms with Crippen molar-refractivity contribution in [1.82, 2.24) is 5.32 Å². The zero-order valence-electron chi connectivity index (χ0n) is 11.1. The fourth-order valence-electron chi connectivity index (χ4n) is 2.15. The van der Waals surface area contributed by atoms with Gasteiger partial charge in [0.25, 0.3) is 0 Å². The van der Waals surface area contributed by atoms with Crippen LogP contribution in [0, 0.1) is 0 Å². The first-order chi connectivity index (χ1) is 9.56. The van der Waals surface area contributed by atoms with Gasteiger partial charge < -0.3 is 16.0 Å². The average molecular weight is 275 g/mol. The second kappa shape index (κ2) is 6.18. The number of primary amides is 1. The van der Waals surface area contributed by atoms with E-state index in [1.807, 2.05) is 24.3 Å². The fraction of sp³-hybridized carbons (Fsp3) is 0.357. The number of hydrogen-bond donors (Lipinski definition) is 2. The van der Waals surface area contributed by atoms with Crippen LogP contribution < -0.4 is 16.0 Å². The third-order valence-electron chi connectivity index (χ3n) is 3.15. The maximum Gasteiger partial charge on any atom is 0.236 e. The number of nitrogens with one attached hydrogen (secondary N) is 1. The van der Waals surface area contributed by atoms with Crippen molar-refractivity contribution in [2.45, 2.75) is 19.3 Å². The Labute approximate surface area is 116 Å². The molecule has 1 fully saturated rings. The smallest absolute Gasteiger partial charge is 0.236 e. The number of benzene rings is 1. The summed E-state index contributed by atoms with van der Waals surface area (Å²) in [6.07, 6.45) is 1.66. The maximum absolute atomic E-state index is 11.6. The Morgan fingerprint density at radius 1 is 1.25 bits per heavy atom. The highest BCUT2D eigenvalue weighted by molar-refractivity contribution is 5.95. The minimum atomic E-state index is -0.568. The highest BCUT2D eigenvalue weighted by Gasteiger charge is 2.21. The molecular weight excluding hydrogens is 258 g/mol. The van der Waals surface area contributed by atoms with Crippen LogP contribution in [0.2, 0.25) is 0 Å². The van der Waals surface area contributed by atoms with Gasteiger partial charge in [-0.1, -0.05) is 12.1 Å². The lowest BCUT2D eigenvalue weighted by Gasteiger charge is -2.15. The molecule has 0 radical (unpaired) electrons. The summed E-state index contributed by atoms with van der Waals surface area (Å²) in [5.41, 5.74) is 6.62. The molecule has 6 nitrogen and oxygen atoms in total. The number of carbonyl (C=O) groups excluding carboxylic acids is 3. The van der Waals surface area contributed by atoms with Crippen molar-refractivity contribution in [2.24, 2.45) is 5.73 Å². The molecule has 3 amide bonds. The quantitative estimate of drug-likeness (QED) is 0.789. The SMILES string of the molecule is NC(=O)CNC(=O)Cc1ccc(N2CCCC2=O)cc1. The van der Waals surface area contributed by atoms with Crippen LogP contribution in [0.5, 0.6) is 0 Å². The van der Waals surface area contributed by atoms with E-state index in [1.54, 1.807) is 4.90 Å². The monoisotopic (exact) mass is 275 g/mol. The Morgan fingerprint density at radius 2 is 1.95 bits per heavy atom. The van der Waals surface area contributed by atoms with Gasteiger partial charge in [0.2, 0.25) is 17.7 Å². The third-order valence-corrected chi connectivity index (χ3v) is 3.15. The lowest BCUT2D eigenvalue weighted by atomic mass is 10.1. The molecule has 0 aliphatic carbocycles. The largest absolute Gasteiger partial charge is 0.368 e. The highest BCUT2D eigenvalue weighted by Crippen LogP contribution is 2.21. The summed E-state index contributed by atoms with van der Waals surface area (Å²) in [4.78, 5) is 35.4. The van der Waals surface area contributed by atoms with E-state index in [0.717, 1.165) is 24.2 Å². The Kier molecular flexibility index (Phi) is 4.34. The zero-order valence-corrected chi connectivity index (χ0v) is 11.1. The third kappa shape index (κ3) is 3.57. The van der Waals surface area contributed by atoms with Crippen LogP contribution >= 0.6 is 0 Å². The Hall–Kier alpha value is -2.37. The van der Waals surface area contributed by atoms with Gasteiger partial charge in [-0.15, -0.1) is 0 Å². The van der Waals surface area contributed by atoms with Gasteiger partial charge >= 0.3 is 0 Å². The van der Waals surface area contributed by atoms with Crippen molar-refractivity contribution in [1.29, 1.82) is 0 Å². The van der Waals surface area contributed by atoms with Gasteiger partial charge in [0, 0.05) is 18.7 Å². The van der Waals surface area contributed by atoms with Crippen molar-refractivity contribution in [2.75, 3.05) is 18.0 Å². The normalized spacial score (nSPS) is 14.4. The number of amides is 3. The van der Waals surface area contributed by atoms with Crippen molar-refractivity contribution < 1.29 is 14.4 Å². The van der Waals surface area contributed by atoms with Crippen LogP contribution in [0.25, 0.3) is 0 Å².